The molecule has 0 heterocycles. The van der Waals surface area contributed by atoms with E-state index in [4.69, 9.17) is 14.2 Å². The summed E-state index contributed by atoms with van der Waals surface area (Å²) in [7, 11) is 0. The fourth-order valence-corrected chi connectivity index (χ4v) is 8.77. The van der Waals surface area contributed by atoms with Gasteiger partial charge in [0.05, 0.1) is 0 Å². The van der Waals surface area contributed by atoms with Crippen LogP contribution in [0, 0.1) is 0 Å². The van der Waals surface area contributed by atoms with E-state index in [1.807, 2.05) is 0 Å². The van der Waals surface area contributed by atoms with Gasteiger partial charge in [-0.2, -0.15) is 0 Å². The fourth-order valence-electron chi connectivity index (χ4n) is 8.77. The van der Waals surface area contributed by atoms with Gasteiger partial charge in [0, 0.05) is 19.3 Å². The van der Waals surface area contributed by atoms with Gasteiger partial charge in [0.1, 0.15) is 13.2 Å². The highest BCUT2D eigenvalue weighted by Crippen LogP contribution is 2.17. The van der Waals surface area contributed by atoms with Gasteiger partial charge in [0.25, 0.3) is 0 Å². The molecular formula is C60H112O6. The molecule has 0 aromatic rings. The molecule has 0 radical (unpaired) electrons. The van der Waals surface area contributed by atoms with E-state index in [0.717, 1.165) is 70.6 Å². The molecule has 0 aliphatic carbocycles. The molecule has 6 heteroatoms. The van der Waals surface area contributed by atoms with Crippen molar-refractivity contribution in [3.63, 3.8) is 0 Å². The Hall–Kier alpha value is -2.11. The molecule has 0 spiro atoms. The third-order valence-corrected chi connectivity index (χ3v) is 13.2. The van der Waals surface area contributed by atoms with Crippen molar-refractivity contribution in [1.82, 2.24) is 0 Å². The molecule has 0 aliphatic heterocycles. The molecule has 6 nitrogen and oxygen atoms in total. The van der Waals surface area contributed by atoms with Crippen LogP contribution in [0.2, 0.25) is 0 Å². The maximum Gasteiger partial charge on any atom is 0.306 e. The van der Waals surface area contributed by atoms with Crippen LogP contribution in [0.5, 0.6) is 0 Å². The van der Waals surface area contributed by atoms with E-state index >= 15 is 0 Å². The number of esters is 3. The second-order valence-corrected chi connectivity index (χ2v) is 19.9. The van der Waals surface area contributed by atoms with Gasteiger partial charge in [-0.15, -0.1) is 0 Å². The SMILES string of the molecule is CCCCCC/C=C\C/C=C\CCCCCCCCCC(=O)OCC(COC(=O)CCCCCCCCCCCCCCCC)OC(=O)CCCCCCCCCCCCCCCCCC. The zero-order valence-corrected chi connectivity index (χ0v) is 44.5. The van der Waals surface area contributed by atoms with Crippen LogP contribution in [-0.4, -0.2) is 37.2 Å². The van der Waals surface area contributed by atoms with Crippen molar-refractivity contribution in [2.75, 3.05) is 13.2 Å². The molecule has 0 rings (SSSR count). The summed E-state index contributed by atoms with van der Waals surface area (Å²) in [6.45, 7) is 6.67. The minimum atomic E-state index is -0.769. The zero-order valence-electron chi connectivity index (χ0n) is 44.5. The summed E-state index contributed by atoms with van der Waals surface area (Å²) in [5.74, 6) is -0.853. The number of carbonyl (C=O) groups excluding carboxylic acids is 3. The number of carbonyl (C=O) groups is 3. The first kappa shape index (κ1) is 63.9. The number of allylic oxidation sites excluding steroid dienone is 4. The monoisotopic (exact) mass is 929 g/mol. The van der Waals surface area contributed by atoms with Crippen molar-refractivity contribution in [1.29, 1.82) is 0 Å². The first-order valence-corrected chi connectivity index (χ1v) is 29.3. The van der Waals surface area contributed by atoms with E-state index in [-0.39, 0.29) is 31.1 Å². The van der Waals surface area contributed by atoms with Crippen LogP contribution in [0.4, 0.5) is 0 Å². The van der Waals surface area contributed by atoms with Gasteiger partial charge in [0.15, 0.2) is 6.10 Å². The molecule has 1 unspecified atom stereocenters. The summed E-state index contributed by atoms with van der Waals surface area (Å²) in [5.41, 5.74) is 0. The highest BCUT2D eigenvalue weighted by Gasteiger charge is 2.19. The van der Waals surface area contributed by atoms with Crippen molar-refractivity contribution in [2.24, 2.45) is 0 Å². The molecule has 0 aromatic heterocycles. The summed E-state index contributed by atoms with van der Waals surface area (Å²) >= 11 is 0. The van der Waals surface area contributed by atoms with Crippen LogP contribution in [0.25, 0.3) is 0 Å². The van der Waals surface area contributed by atoms with E-state index in [2.05, 4.69) is 45.1 Å². The second kappa shape index (κ2) is 55.5. The number of hydrogen-bond acceptors (Lipinski definition) is 6. The Morgan fingerprint density at radius 2 is 0.545 bits per heavy atom. The molecule has 0 aromatic carbocycles. The third kappa shape index (κ3) is 52.9. The quantitative estimate of drug-likeness (QED) is 0.0262. The van der Waals surface area contributed by atoms with Gasteiger partial charge >= 0.3 is 17.9 Å². The van der Waals surface area contributed by atoms with Crippen LogP contribution >= 0.6 is 0 Å². The Labute approximate surface area is 411 Å². The summed E-state index contributed by atoms with van der Waals surface area (Å²) in [4.78, 5) is 38.2. The topological polar surface area (TPSA) is 78.9 Å². The smallest absolute Gasteiger partial charge is 0.306 e. The number of rotatable bonds is 54. The van der Waals surface area contributed by atoms with Crippen LogP contribution in [0.1, 0.15) is 323 Å². The first-order chi connectivity index (χ1) is 32.5. The highest BCUT2D eigenvalue weighted by molar-refractivity contribution is 5.71. The molecule has 0 amide bonds. The van der Waals surface area contributed by atoms with Crippen molar-refractivity contribution in [3.05, 3.63) is 24.3 Å². The third-order valence-electron chi connectivity index (χ3n) is 13.2. The van der Waals surface area contributed by atoms with Gasteiger partial charge in [-0.3, -0.25) is 14.4 Å². The van der Waals surface area contributed by atoms with E-state index < -0.39 is 6.10 Å². The molecular weight excluding hydrogens is 817 g/mol. The Morgan fingerprint density at radius 3 is 0.848 bits per heavy atom. The van der Waals surface area contributed by atoms with Crippen molar-refractivity contribution >= 4 is 17.9 Å². The van der Waals surface area contributed by atoms with E-state index in [1.165, 1.54) is 212 Å². The molecule has 0 saturated heterocycles. The average Bonchev–Trinajstić information content (AvgIpc) is 3.31. The molecule has 388 valence electrons. The predicted molar refractivity (Wildman–Crippen MR) is 284 cm³/mol. The lowest BCUT2D eigenvalue weighted by atomic mass is 10.0. The highest BCUT2D eigenvalue weighted by atomic mass is 16.6. The second-order valence-electron chi connectivity index (χ2n) is 19.9. The van der Waals surface area contributed by atoms with Crippen LogP contribution in [0.15, 0.2) is 24.3 Å². The molecule has 0 saturated carbocycles. The van der Waals surface area contributed by atoms with Crippen molar-refractivity contribution < 1.29 is 28.6 Å². The molecule has 0 bridgehead atoms. The Morgan fingerprint density at radius 1 is 0.303 bits per heavy atom. The van der Waals surface area contributed by atoms with Gasteiger partial charge in [-0.25, -0.2) is 0 Å². The summed E-state index contributed by atoms with van der Waals surface area (Å²) in [6.07, 6.45) is 64.5. The number of unbranched alkanes of at least 4 members (excludes halogenated alkanes) is 39. The standard InChI is InChI=1S/C60H112O6/c1-4-7-10-13-16-19-22-25-28-30-31-33-35-38-41-44-47-50-53-59(62)65-56-57(55-64-58(61)52-49-46-43-40-37-34-27-24-21-18-15-12-9-6-3)66-60(63)54-51-48-45-42-39-36-32-29-26-23-20-17-14-11-8-5-2/h19,22,28,30,57H,4-18,20-21,23-27,29,31-56H2,1-3H3/b22-19-,30-28-. The number of hydrogen-bond donors (Lipinski definition) is 0. The van der Waals surface area contributed by atoms with Crippen LogP contribution in [0.3, 0.4) is 0 Å². The van der Waals surface area contributed by atoms with Gasteiger partial charge in [-0.05, 0) is 51.4 Å². The minimum Gasteiger partial charge on any atom is -0.462 e. The van der Waals surface area contributed by atoms with E-state index in [0.29, 0.717) is 19.3 Å². The molecule has 66 heavy (non-hydrogen) atoms. The normalized spacial score (nSPS) is 12.1. The predicted octanol–water partition coefficient (Wildman–Crippen LogP) is 19.5. The molecule has 0 fully saturated rings. The van der Waals surface area contributed by atoms with Gasteiger partial charge in [0.2, 0.25) is 0 Å². The van der Waals surface area contributed by atoms with Crippen molar-refractivity contribution in [2.45, 2.75) is 329 Å². The minimum absolute atomic E-state index is 0.0680. The van der Waals surface area contributed by atoms with E-state index in [1.54, 1.807) is 0 Å². The number of ether oxygens (including phenoxy) is 3. The summed E-state index contributed by atoms with van der Waals surface area (Å²) < 4.78 is 16.9. The van der Waals surface area contributed by atoms with Gasteiger partial charge in [-0.1, -0.05) is 276 Å². The molecule has 0 aliphatic rings. The van der Waals surface area contributed by atoms with Crippen LogP contribution < -0.4 is 0 Å². The van der Waals surface area contributed by atoms with E-state index in [9.17, 15) is 14.4 Å². The Kier molecular flexibility index (Phi) is 53.7. The molecule has 0 N–H and O–H groups in total. The lowest BCUT2D eigenvalue weighted by Crippen LogP contribution is -2.30. The Bertz CT molecular complexity index is 1070. The summed E-state index contributed by atoms with van der Waals surface area (Å²) in [6, 6.07) is 0. The lowest BCUT2D eigenvalue weighted by molar-refractivity contribution is -0.167. The maximum atomic E-state index is 12.9. The molecule has 1 atom stereocenters. The Balaban J connectivity index is 4.33. The first-order valence-electron chi connectivity index (χ1n) is 29.3. The zero-order chi connectivity index (χ0) is 47.9. The summed E-state index contributed by atoms with van der Waals surface area (Å²) in [5, 5.41) is 0. The van der Waals surface area contributed by atoms with Crippen LogP contribution in [-0.2, 0) is 28.6 Å². The van der Waals surface area contributed by atoms with Crippen molar-refractivity contribution in [3.8, 4) is 0 Å². The van der Waals surface area contributed by atoms with Gasteiger partial charge < -0.3 is 14.2 Å². The lowest BCUT2D eigenvalue weighted by Gasteiger charge is -2.18. The maximum absolute atomic E-state index is 12.9. The largest absolute Gasteiger partial charge is 0.462 e. The fraction of sp³-hybridized carbons (Fsp3) is 0.883. The average molecular weight is 930 g/mol.